The standard InChI is InChI=1S/C16H16ClFO2/c17-14-5-2-4-13(8-14)16(10-19,11-20)9-12-3-1-6-15(18)7-12/h1-8,19-20H,9-11H2. The molecule has 0 aliphatic heterocycles. The highest BCUT2D eigenvalue weighted by atomic mass is 35.5. The molecule has 0 fully saturated rings. The van der Waals surface area contributed by atoms with Gasteiger partial charge in [-0.15, -0.1) is 0 Å². The molecule has 0 saturated carbocycles. The number of hydrogen-bond donors (Lipinski definition) is 2. The molecule has 106 valence electrons. The van der Waals surface area contributed by atoms with E-state index < -0.39 is 5.41 Å². The SMILES string of the molecule is OCC(CO)(Cc1cccc(F)c1)c1cccc(Cl)c1. The Kier molecular flexibility index (Phi) is 4.76. The summed E-state index contributed by atoms with van der Waals surface area (Å²) >= 11 is 5.97. The Hall–Kier alpha value is -1.42. The maximum Gasteiger partial charge on any atom is 0.123 e. The molecule has 20 heavy (non-hydrogen) atoms. The summed E-state index contributed by atoms with van der Waals surface area (Å²) in [7, 11) is 0. The summed E-state index contributed by atoms with van der Waals surface area (Å²) in [4.78, 5) is 0. The molecule has 0 heterocycles. The Morgan fingerprint density at radius 3 is 2.30 bits per heavy atom. The van der Waals surface area contributed by atoms with Crippen molar-refractivity contribution in [1.29, 1.82) is 0 Å². The fourth-order valence-corrected chi connectivity index (χ4v) is 2.49. The number of rotatable bonds is 5. The monoisotopic (exact) mass is 294 g/mol. The molecular weight excluding hydrogens is 279 g/mol. The first kappa shape index (κ1) is 15.0. The normalized spacial score (nSPS) is 11.6. The highest BCUT2D eigenvalue weighted by Crippen LogP contribution is 2.30. The van der Waals surface area contributed by atoms with Gasteiger partial charge in [-0.25, -0.2) is 4.39 Å². The van der Waals surface area contributed by atoms with Crippen molar-refractivity contribution in [2.24, 2.45) is 0 Å². The Labute approximate surface area is 122 Å². The van der Waals surface area contributed by atoms with Gasteiger partial charge in [0.2, 0.25) is 0 Å². The van der Waals surface area contributed by atoms with Gasteiger partial charge in [-0.2, -0.15) is 0 Å². The summed E-state index contributed by atoms with van der Waals surface area (Å²) < 4.78 is 13.3. The van der Waals surface area contributed by atoms with Crippen molar-refractivity contribution in [2.45, 2.75) is 11.8 Å². The van der Waals surface area contributed by atoms with Crippen LogP contribution in [0.4, 0.5) is 4.39 Å². The zero-order valence-corrected chi connectivity index (χ0v) is 11.6. The van der Waals surface area contributed by atoms with Crippen molar-refractivity contribution in [3.63, 3.8) is 0 Å². The van der Waals surface area contributed by atoms with Crippen LogP contribution in [0.15, 0.2) is 48.5 Å². The summed E-state index contributed by atoms with van der Waals surface area (Å²) in [5.74, 6) is -0.335. The number of hydrogen-bond acceptors (Lipinski definition) is 2. The topological polar surface area (TPSA) is 40.5 Å². The second kappa shape index (κ2) is 6.35. The van der Waals surface area contributed by atoms with Crippen LogP contribution in [0.2, 0.25) is 5.02 Å². The molecule has 2 aromatic carbocycles. The molecular formula is C16H16ClFO2. The average Bonchev–Trinajstić information content (AvgIpc) is 2.45. The zero-order chi connectivity index (χ0) is 14.6. The van der Waals surface area contributed by atoms with Crippen LogP contribution in [0.1, 0.15) is 11.1 Å². The van der Waals surface area contributed by atoms with Crippen LogP contribution in [0.3, 0.4) is 0 Å². The number of aliphatic hydroxyl groups is 2. The average molecular weight is 295 g/mol. The van der Waals surface area contributed by atoms with Gasteiger partial charge < -0.3 is 10.2 Å². The van der Waals surface area contributed by atoms with E-state index in [9.17, 15) is 14.6 Å². The van der Waals surface area contributed by atoms with Gasteiger partial charge >= 0.3 is 0 Å². The molecule has 2 rings (SSSR count). The second-order valence-corrected chi connectivity index (χ2v) is 5.35. The van der Waals surface area contributed by atoms with E-state index in [0.717, 1.165) is 5.56 Å². The zero-order valence-electron chi connectivity index (χ0n) is 10.9. The quantitative estimate of drug-likeness (QED) is 0.890. The molecule has 2 N–H and O–H groups in total. The van der Waals surface area contributed by atoms with E-state index in [1.807, 2.05) is 0 Å². The van der Waals surface area contributed by atoms with Crippen LogP contribution in [0.5, 0.6) is 0 Å². The lowest BCUT2D eigenvalue weighted by Crippen LogP contribution is -2.37. The van der Waals surface area contributed by atoms with E-state index in [1.165, 1.54) is 12.1 Å². The van der Waals surface area contributed by atoms with Gasteiger partial charge in [0, 0.05) is 10.4 Å². The van der Waals surface area contributed by atoms with Gasteiger partial charge in [0.25, 0.3) is 0 Å². The predicted molar refractivity (Wildman–Crippen MR) is 77.4 cm³/mol. The lowest BCUT2D eigenvalue weighted by Gasteiger charge is -2.30. The van der Waals surface area contributed by atoms with Crippen molar-refractivity contribution < 1.29 is 14.6 Å². The fourth-order valence-electron chi connectivity index (χ4n) is 2.30. The van der Waals surface area contributed by atoms with Crippen LogP contribution < -0.4 is 0 Å². The molecule has 0 saturated heterocycles. The summed E-state index contributed by atoms with van der Waals surface area (Å²) in [5.41, 5.74) is 0.575. The highest BCUT2D eigenvalue weighted by molar-refractivity contribution is 6.30. The van der Waals surface area contributed by atoms with Gasteiger partial charge in [-0.1, -0.05) is 35.9 Å². The number of aliphatic hydroxyl groups excluding tert-OH is 2. The molecule has 0 aliphatic carbocycles. The minimum absolute atomic E-state index is 0.250. The summed E-state index contributed by atoms with van der Waals surface area (Å²) in [6.45, 7) is -0.499. The van der Waals surface area contributed by atoms with Crippen molar-refractivity contribution >= 4 is 11.6 Å². The molecule has 0 bridgehead atoms. The number of benzene rings is 2. The summed E-state index contributed by atoms with van der Waals surface area (Å²) in [5, 5.41) is 20.0. The first-order chi connectivity index (χ1) is 9.59. The Morgan fingerprint density at radius 1 is 1.00 bits per heavy atom. The Morgan fingerprint density at radius 2 is 1.70 bits per heavy atom. The Balaban J connectivity index is 2.39. The fraction of sp³-hybridized carbons (Fsp3) is 0.250. The van der Waals surface area contributed by atoms with Crippen molar-refractivity contribution in [3.05, 3.63) is 70.5 Å². The maximum atomic E-state index is 13.3. The molecule has 0 unspecified atom stereocenters. The predicted octanol–water partition coefficient (Wildman–Crippen LogP) is 2.94. The van der Waals surface area contributed by atoms with E-state index in [4.69, 9.17) is 11.6 Å². The van der Waals surface area contributed by atoms with Crippen molar-refractivity contribution in [3.8, 4) is 0 Å². The minimum atomic E-state index is -0.876. The third-order valence-electron chi connectivity index (χ3n) is 3.47. The third-order valence-corrected chi connectivity index (χ3v) is 3.71. The van der Waals surface area contributed by atoms with Crippen molar-refractivity contribution in [1.82, 2.24) is 0 Å². The summed E-state index contributed by atoms with van der Waals surface area (Å²) in [6, 6.07) is 13.2. The van der Waals surface area contributed by atoms with Crippen LogP contribution in [0, 0.1) is 5.82 Å². The van der Waals surface area contributed by atoms with Gasteiger partial charge in [-0.3, -0.25) is 0 Å². The smallest absolute Gasteiger partial charge is 0.123 e. The van der Waals surface area contributed by atoms with E-state index in [0.29, 0.717) is 17.0 Å². The van der Waals surface area contributed by atoms with Gasteiger partial charge in [0.15, 0.2) is 0 Å². The van der Waals surface area contributed by atoms with E-state index in [-0.39, 0.29) is 19.0 Å². The van der Waals surface area contributed by atoms with Gasteiger partial charge in [0.1, 0.15) is 5.82 Å². The first-order valence-corrected chi connectivity index (χ1v) is 6.70. The van der Waals surface area contributed by atoms with Crippen molar-refractivity contribution in [2.75, 3.05) is 13.2 Å². The molecule has 0 aliphatic rings. The molecule has 0 aromatic heterocycles. The molecule has 0 atom stereocenters. The van der Waals surface area contributed by atoms with Gasteiger partial charge in [0.05, 0.1) is 13.2 Å². The maximum absolute atomic E-state index is 13.3. The van der Waals surface area contributed by atoms with E-state index in [2.05, 4.69) is 0 Å². The largest absolute Gasteiger partial charge is 0.395 e. The molecule has 0 spiro atoms. The van der Waals surface area contributed by atoms with Crippen LogP contribution >= 0.6 is 11.6 Å². The summed E-state index contributed by atoms with van der Waals surface area (Å²) in [6.07, 6.45) is 0.331. The third kappa shape index (κ3) is 3.18. The van der Waals surface area contributed by atoms with E-state index in [1.54, 1.807) is 36.4 Å². The first-order valence-electron chi connectivity index (χ1n) is 6.32. The number of halogens is 2. The van der Waals surface area contributed by atoms with Gasteiger partial charge in [-0.05, 0) is 41.8 Å². The Bertz CT molecular complexity index is 582. The van der Waals surface area contributed by atoms with Crippen LogP contribution in [-0.4, -0.2) is 23.4 Å². The minimum Gasteiger partial charge on any atom is -0.395 e. The molecule has 2 aromatic rings. The lowest BCUT2D eigenvalue weighted by atomic mass is 9.77. The molecule has 2 nitrogen and oxygen atoms in total. The molecule has 0 radical (unpaired) electrons. The lowest BCUT2D eigenvalue weighted by molar-refractivity contribution is 0.116. The second-order valence-electron chi connectivity index (χ2n) is 4.91. The molecule has 0 amide bonds. The van der Waals surface area contributed by atoms with E-state index >= 15 is 0 Å². The highest BCUT2D eigenvalue weighted by Gasteiger charge is 2.31. The molecule has 4 heteroatoms. The van der Waals surface area contributed by atoms with Crippen LogP contribution in [-0.2, 0) is 11.8 Å². The van der Waals surface area contributed by atoms with Crippen LogP contribution in [0.25, 0.3) is 0 Å².